The van der Waals surface area contributed by atoms with E-state index in [0.29, 0.717) is 5.92 Å². The first kappa shape index (κ1) is 9.93. The Labute approximate surface area is 84.1 Å². The van der Waals surface area contributed by atoms with Crippen molar-refractivity contribution in [2.24, 2.45) is 11.8 Å². The molecule has 2 aliphatic rings. The number of piperidine rings is 1. The number of rotatable bonds is 2. The fourth-order valence-corrected chi connectivity index (χ4v) is 2.68. The van der Waals surface area contributed by atoms with E-state index in [1.165, 1.54) is 6.42 Å². The molecule has 2 aliphatic heterocycles. The molecular formula is C10H18N2O2. The number of carboxylic acids is 1. The van der Waals surface area contributed by atoms with Crippen molar-refractivity contribution in [3.05, 3.63) is 0 Å². The molecule has 80 valence electrons. The molecule has 0 amide bonds. The van der Waals surface area contributed by atoms with Gasteiger partial charge in [-0.2, -0.15) is 0 Å². The van der Waals surface area contributed by atoms with Gasteiger partial charge in [0, 0.05) is 6.04 Å². The first-order valence-electron chi connectivity index (χ1n) is 5.46. The third kappa shape index (κ3) is 1.91. The summed E-state index contributed by atoms with van der Waals surface area (Å²) in [5, 5.41) is 15.7. The van der Waals surface area contributed by atoms with Gasteiger partial charge in [-0.25, -0.2) is 0 Å². The molecule has 0 aromatic carbocycles. The average molecular weight is 198 g/mol. The molecule has 0 radical (unpaired) electrons. The summed E-state index contributed by atoms with van der Waals surface area (Å²) in [5.41, 5.74) is 0. The predicted molar refractivity (Wildman–Crippen MR) is 53.1 cm³/mol. The Morgan fingerprint density at radius 1 is 1.29 bits per heavy atom. The summed E-state index contributed by atoms with van der Waals surface area (Å²) < 4.78 is 0. The molecule has 4 nitrogen and oxygen atoms in total. The molecule has 0 aromatic rings. The zero-order valence-corrected chi connectivity index (χ0v) is 8.33. The molecule has 3 unspecified atom stereocenters. The van der Waals surface area contributed by atoms with E-state index < -0.39 is 5.97 Å². The maximum atomic E-state index is 11.0. The Morgan fingerprint density at radius 3 is 2.79 bits per heavy atom. The monoisotopic (exact) mass is 198 g/mol. The van der Waals surface area contributed by atoms with Crippen molar-refractivity contribution in [1.29, 1.82) is 0 Å². The van der Waals surface area contributed by atoms with Gasteiger partial charge in [0.2, 0.25) is 0 Å². The molecular weight excluding hydrogens is 180 g/mol. The van der Waals surface area contributed by atoms with Crippen molar-refractivity contribution in [2.45, 2.75) is 25.3 Å². The van der Waals surface area contributed by atoms with Crippen molar-refractivity contribution in [2.75, 3.05) is 19.6 Å². The largest absolute Gasteiger partial charge is 0.481 e. The molecule has 0 spiro atoms. The van der Waals surface area contributed by atoms with Crippen LogP contribution in [0.3, 0.4) is 0 Å². The van der Waals surface area contributed by atoms with Gasteiger partial charge in [0.25, 0.3) is 0 Å². The lowest BCUT2D eigenvalue weighted by Crippen LogP contribution is -2.45. The highest BCUT2D eigenvalue weighted by Gasteiger charge is 2.37. The lowest BCUT2D eigenvalue weighted by atomic mass is 9.85. The average Bonchev–Trinajstić information content (AvgIpc) is 2.67. The summed E-state index contributed by atoms with van der Waals surface area (Å²) in [6.07, 6.45) is 3.13. The van der Waals surface area contributed by atoms with Crippen molar-refractivity contribution in [3.63, 3.8) is 0 Å². The maximum Gasteiger partial charge on any atom is 0.308 e. The highest BCUT2D eigenvalue weighted by atomic mass is 16.4. The Bertz CT molecular complexity index is 214. The molecule has 0 aromatic heterocycles. The van der Waals surface area contributed by atoms with Gasteiger partial charge in [-0.1, -0.05) is 0 Å². The second kappa shape index (κ2) is 4.28. The van der Waals surface area contributed by atoms with Gasteiger partial charge in [0.1, 0.15) is 0 Å². The quantitative estimate of drug-likeness (QED) is 0.586. The van der Waals surface area contributed by atoms with Crippen LogP contribution in [0.4, 0.5) is 0 Å². The van der Waals surface area contributed by atoms with Crippen LogP contribution < -0.4 is 10.6 Å². The normalized spacial score (nSPS) is 38.4. The standard InChI is InChI=1S/C10H18N2O2/c13-10(14)8-3-5-12-9(8)7-2-1-4-11-6-7/h7-9,11-12H,1-6H2,(H,13,14). The van der Waals surface area contributed by atoms with E-state index in [9.17, 15) is 4.79 Å². The molecule has 0 saturated carbocycles. The molecule has 2 rings (SSSR count). The van der Waals surface area contributed by atoms with Crippen LogP contribution in [0.2, 0.25) is 0 Å². The van der Waals surface area contributed by atoms with Crippen LogP contribution in [-0.2, 0) is 4.79 Å². The van der Waals surface area contributed by atoms with Crippen LogP contribution >= 0.6 is 0 Å². The van der Waals surface area contributed by atoms with Crippen LogP contribution in [0.15, 0.2) is 0 Å². The highest BCUT2D eigenvalue weighted by Crippen LogP contribution is 2.26. The van der Waals surface area contributed by atoms with Crippen molar-refractivity contribution < 1.29 is 9.90 Å². The summed E-state index contributed by atoms with van der Waals surface area (Å²) in [6.45, 7) is 2.92. The Balaban J connectivity index is 1.97. The van der Waals surface area contributed by atoms with Crippen molar-refractivity contribution in [3.8, 4) is 0 Å². The van der Waals surface area contributed by atoms with Gasteiger partial charge in [-0.15, -0.1) is 0 Å². The number of carbonyl (C=O) groups is 1. The van der Waals surface area contributed by atoms with Gasteiger partial charge in [-0.3, -0.25) is 4.79 Å². The summed E-state index contributed by atoms with van der Waals surface area (Å²) in [4.78, 5) is 11.0. The number of carboxylic acid groups (broad SMARTS) is 1. The summed E-state index contributed by atoms with van der Waals surface area (Å²) in [6, 6.07) is 0.195. The minimum absolute atomic E-state index is 0.167. The van der Waals surface area contributed by atoms with E-state index in [2.05, 4.69) is 10.6 Å². The fraction of sp³-hybridized carbons (Fsp3) is 0.900. The Hall–Kier alpha value is -0.610. The van der Waals surface area contributed by atoms with E-state index >= 15 is 0 Å². The summed E-state index contributed by atoms with van der Waals surface area (Å²) in [5.74, 6) is -0.294. The molecule has 0 aliphatic carbocycles. The van der Waals surface area contributed by atoms with Gasteiger partial charge < -0.3 is 15.7 Å². The molecule has 14 heavy (non-hydrogen) atoms. The van der Waals surface area contributed by atoms with Crippen LogP contribution in [0.1, 0.15) is 19.3 Å². The third-order valence-electron chi connectivity index (χ3n) is 3.43. The molecule has 3 N–H and O–H groups in total. The molecule has 0 bridgehead atoms. The van der Waals surface area contributed by atoms with E-state index in [4.69, 9.17) is 5.11 Å². The van der Waals surface area contributed by atoms with Gasteiger partial charge in [0.05, 0.1) is 5.92 Å². The first-order valence-corrected chi connectivity index (χ1v) is 5.46. The molecule has 4 heteroatoms. The smallest absolute Gasteiger partial charge is 0.308 e. The molecule has 2 fully saturated rings. The molecule has 3 atom stereocenters. The van der Waals surface area contributed by atoms with Crippen molar-refractivity contribution in [1.82, 2.24) is 10.6 Å². The van der Waals surface area contributed by atoms with Crippen molar-refractivity contribution >= 4 is 5.97 Å². The zero-order chi connectivity index (χ0) is 9.97. The predicted octanol–water partition coefficient (Wildman–Crippen LogP) is 0.0487. The Morgan fingerprint density at radius 2 is 2.14 bits per heavy atom. The first-order chi connectivity index (χ1) is 6.79. The van der Waals surface area contributed by atoms with Gasteiger partial charge in [0.15, 0.2) is 0 Å². The SMILES string of the molecule is O=C(O)C1CCNC1C1CCCNC1. The van der Waals surface area contributed by atoms with Gasteiger partial charge >= 0.3 is 5.97 Å². The van der Waals surface area contributed by atoms with E-state index in [1.54, 1.807) is 0 Å². The molecule has 2 heterocycles. The number of aliphatic carboxylic acids is 1. The zero-order valence-electron chi connectivity index (χ0n) is 8.33. The Kier molecular flexibility index (Phi) is 3.03. The minimum atomic E-state index is -0.634. The number of nitrogens with one attached hydrogen (secondary N) is 2. The van der Waals surface area contributed by atoms with E-state index in [1.807, 2.05) is 0 Å². The summed E-state index contributed by atoms with van der Waals surface area (Å²) >= 11 is 0. The summed E-state index contributed by atoms with van der Waals surface area (Å²) in [7, 11) is 0. The molecule has 2 saturated heterocycles. The second-order valence-corrected chi connectivity index (χ2v) is 4.32. The van der Waals surface area contributed by atoms with E-state index in [-0.39, 0.29) is 12.0 Å². The number of hydrogen-bond acceptors (Lipinski definition) is 3. The number of hydrogen-bond donors (Lipinski definition) is 3. The van der Waals surface area contributed by atoms with Crippen LogP contribution in [0, 0.1) is 11.8 Å². The van der Waals surface area contributed by atoms with Crippen LogP contribution in [0.25, 0.3) is 0 Å². The van der Waals surface area contributed by atoms with Gasteiger partial charge in [-0.05, 0) is 44.8 Å². The van der Waals surface area contributed by atoms with Crippen LogP contribution in [0.5, 0.6) is 0 Å². The van der Waals surface area contributed by atoms with E-state index in [0.717, 1.165) is 32.5 Å². The second-order valence-electron chi connectivity index (χ2n) is 4.32. The third-order valence-corrected chi connectivity index (χ3v) is 3.43. The highest BCUT2D eigenvalue weighted by molar-refractivity contribution is 5.71. The van der Waals surface area contributed by atoms with Crippen LogP contribution in [-0.4, -0.2) is 36.8 Å². The lowest BCUT2D eigenvalue weighted by Gasteiger charge is -2.30. The topological polar surface area (TPSA) is 61.4 Å². The lowest BCUT2D eigenvalue weighted by molar-refractivity contribution is -0.142. The maximum absolute atomic E-state index is 11.0. The fourth-order valence-electron chi connectivity index (χ4n) is 2.68. The minimum Gasteiger partial charge on any atom is -0.481 e.